The summed E-state index contributed by atoms with van der Waals surface area (Å²) in [4.78, 5) is 0. The lowest BCUT2D eigenvalue weighted by molar-refractivity contribution is 0.00578. The first-order chi connectivity index (χ1) is 9.68. The number of benzene rings is 1. The molecule has 1 aromatic carbocycles. The molecule has 0 radical (unpaired) electrons. The molecule has 0 aliphatic carbocycles. The third-order valence-corrected chi connectivity index (χ3v) is 4.95. The average molecular weight is 289 g/mol. The molecule has 1 aliphatic heterocycles. The van der Waals surface area contributed by atoms with Crippen molar-refractivity contribution in [2.24, 2.45) is 11.7 Å². The quantitative estimate of drug-likeness (QED) is 0.867. The Balaban J connectivity index is 2.17. The molecule has 3 nitrogen and oxygen atoms in total. The van der Waals surface area contributed by atoms with Gasteiger partial charge in [-0.3, -0.25) is 0 Å². The molecule has 0 saturated carbocycles. The van der Waals surface area contributed by atoms with Crippen molar-refractivity contribution in [2.45, 2.75) is 58.7 Å². The van der Waals surface area contributed by atoms with Crippen molar-refractivity contribution >= 4 is 12.6 Å². The minimum Gasteiger partial charge on any atom is -0.399 e. The van der Waals surface area contributed by atoms with E-state index in [-0.39, 0.29) is 18.3 Å². The fraction of sp³-hybridized carbons (Fsp3) is 0.647. The normalized spacial score (nSPS) is 21.8. The van der Waals surface area contributed by atoms with Crippen LogP contribution in [0.25, 0.3) is 0 Å². The van der Waals surface area contributed by atoms with Crippen LogP contribution in [0.15, 0.2) is 24.3 Å². The number of rotatable bonds is 4. The lowest BCUT2D eigenvalue weighted by Gasteiger charge is -2.32. The van der Waals surface area contributed by atoms with Gasteiger partial charge < -0.3 is 15.0 Å². The van der Waals surface area contributed by atoms with E-state index in [0.29, 0.717) is 18.4 Å². The van der Waals surface area contributed by atoms with E-state index in [9.17, 15) is 0 Å². The lowest BCUT2D eigenvalue weighted by atomic mass is 9.77. The molecule has 1 saturated heterocycles. The van der Waals surface area contributed by atoms with Gasteiger partial charge in [-0.05, 0) is 57.1 Å². The molecule has 116 valence electrons. The van der Waals surface area contributed by atoms with Crippen molar-refractivity contribution in [2.75, 3.05) is 6.54 Å². The van der Waals surface area contributed by atoms with Gasteiger partial charge in [-0.15, -0.1) is 0 Å². The Labute approximate surface area is 129 Å². The summed E-state index contributed by atoms with van der Waals surface area (Å²) in [6.07, 6.45) is 0. The average Bonchev–Trinajstić information content (AvgIpc) is 2.59. The summed E-state index contributed by atoms with van der Waals surface area (Å²) in [5.74, 6) is 0.940. The molecule has 1 heterocycles. The molecule has 0 spiro atoms. The van der Waals surface area contributed by atoms with E-state index >= 15 is 0 Å². The Morgan fingerprint density at radius 1 is 1.00 bits per heavy atom. The highest BCUT2D eigenvalue weighted by molar-refractivity contribution is 6.62. The molecule has 21 heavy (non-hydrogen) atoms. The van der Waals surface area contributed by atoms with E-state index in [1.807, 2.05) is 0 Å². The van der Waals surface area contributed by atoms with Gasteiger partial charge in [-0.2, -0.15) is 0 Å². The zero-order chi connectivity index (χ0) is 15.8. The summed E-state index contributed by atoms with van der Waals surface area (Å²) in [5, 5.41) is 0. The Kier molecular flexibility index (Phi) is 4.53. The van der Waals surface area contributed by atoms with Crippen LogP contribution in [0.5, 0.6) is 0 Å². The minimum atomic E-state index is -0.298. The molecule has 2 rings (SSSR count). The first-order valence-corrected chi connectivity index (χ1v) is 7.83. The maximum Gasteiger partial charge on any atom is 0.494 e. The summed E-state index contributed by atoms with van der Waals surface area (Å²) in [6, 6.07) is 8.50. The summed E-state index contributed by atoms with van der Waals surface area (Å²) < 4.78 is 12.2. The van der Waals surface area contributed by atoms with Crippen LogP contribution in [-0.2, 0) is 9.31 Å². The second-order valence-electron chi connectivity index (χ2n) is 7.34. The Morgan fingerprint density at radius 2 is 1.48 bits per heavy atom. The number of hydrogen-bond donors (Lipinski definition) is 1. The number of nitrogens with two attached hydrogens (primary N) is 1. The predicted molar refractivity (Wildman–Crippen MR) is 88.8 cm³/mol. The van der Waals surface area contributed by atoms with Crippen LogP contribution in [-0.4, -0.2) is 24.9 Å². The van der Waals surface area contributed by atoms with Crippen molar-refractivity contribution in [3.05, 3.63) is 29.8 Å². The molecule has 0 aromatic heterocycles. The Hall–Kier alpha value is -0.835. The third-order valence-electron chi connectivity index (χ3n) is 4.95. The summed E-state index contributed by atoms with van der Waals surface area (Å²) in [7, 11) is -0.292. The second kappa shape index (κ2) is 5.75. The smallest absolute Gasteiger partial charge is 0.399 e. The van der Waals surface area contributed by atoms with Crippen molar-refractivity contribution < 1.29 is 9.31 Å². The van der Waals surface area contributed by atoms with Gasteiger partial charge in [0.1, 0.15) is 0 Å². The number of hydrogen-bond acceptors (Lipinski definition) is 3. The summed E-state index contributed by atoms with van der Waals surface area (Å²) >= 11 is 0. The highest BCUT2D eigenvalue weighted by Gasteiger charge is 2.51. The van der Waals surface area contributed by atoms with E-state index < -0.39 is 0 Å². The molecule has 0 amide bonds. The predicted octanol–water partition coefficient (Wildman–Crippen LogP) is 2.68. The Bertz CT molecular complexity index is 466. The van der Waals surface area contributed by atoms with E-state index in [2.05, 4.69) is 65.8 Å². The van der Waals surface area contributed by atoms with Gasteiger partial charge in [0.2, 0.25) is 0 Å². The van der Waals surface area contributed by atoms with Crippen LogP contribution in [0.1, 0.15) is 53.0 Å². The van der Waals surface area contributed by atoms with Crippen molar-refractivity contribution in [1.82, 2.24) is 0 Å². The van der Waals surface area contributed by atoms with Crippen molar-refractivity contribution in [3.63, 3.8) is 0 Å². The standard InChI is InChI=1S/C17H28BNO2/c1-12(2)15(11-19)13-7-9-14(10-8-13)18-20-16(3,4)17(5,6)21-18/h7-10,12,15H,11,19H2,1-6H3. The van der Waals surface area contributed by atoms with Crippen LogP contribution in [0.3, 0.4) is 0 Å². The van der Waals surface area contributed by atoms with Gasteiger partial charge in [0, 0.05) is 0 Å². The molecule has 1 aliphatic rings. The zero-order valence-electron chi connectivity index (χ0n) is 14.1. The van der Waals surface area contributed by atoms with Gasteiger partial charge in [0.05, 0.1) is 11.2 Å². The van der Waals surface area contributed by atoms with Crippen molar-refractivity contribution in [3.8, 4) is 0 Å². The second-order valence-corrected chi connectivity index (χ2v) is 7.34. The van der Waals surface area contributed by atoms with Gasteiger partial charge in [-0.25, -0.2) is 0 Å². The maximum atomic E-state index is 6.08. The summed E-state index contributed by atoms with van der Waals surface area (Å²) in [6.45, 7) is 13.4. The molecular formula is C17H28BNO2. The minimum absolute atomic E-state index is 0.292. The topological polar surface area (TPSA) is 44.5 Å². The summed E-state index contributed by atoms with van der Waals surface area (Å²) in [5.41, 5.74) is 7.64. The van der Waals surface area contributed by atoms with Crippen molar-refractivity contribution in [1.29, 1.82) is 0 Å². The Morgan fingerprint density at radius 3 is 1.86 bits per heavy atom. The SMILES string of the molecule is CC(C)C(CN)c1ccc(B2OC(C)(C)C(C)(C)O2)cc1. The van der Waals surface area contributed by atoms with Crippen LogP contribution >= 0.6 is 0 Å². The van der Waals surface area contributed by atoms with E-state index in [0.717, 1.165) is 5.46 Å². The van der Waals surface area contributed by atoms with Gasteiger partial charge in [-0.1, -0.05) is 38.1 Å². The molecule has 4 heteroatoms. The van der Waals surface area contributed by atoms with E-state index in [1.54, 1.807) is 0 Å². The van der Waals surface area contributed by atoms with E-state index in [1.165, 1.54) is 5.56 Å². The molecule has 1 fully saturated rings. The molecule has 1 atom stereocenters. The molecule has 1 unspecified atom stereocenters. The van der Waals surface area contributed by atoms with Gasteiger partial charge in [0.15, 0.2) is 0 Å². The van der Waals surface area contributed by atoms with Crippen LogP contribution in [0.2, 0.25) is 0 Å². The van der Waals surface area contributed by atoms with Crippen LogP contribution in [0, 0.1) is 5.92 Å². The first-order valence-electron chi connectivity index (χ1n) is 7.83. The van der Waals surface area contributed by atoms with Crippen LogP contribution in [0.4, 0.5) is 0 Å². The maximum absolute atomic E-state index is 6.08. The fourth-order valence-electron chi connectivity index (χ4n) is 2.67. The highest BCUT2D eigenvalue weighted by atomic mass is 16.7. The fourth-order valence-corrected chi connectivity index (χ4v) is 2.67. The van der Waals surface area contributed by atoms with Gasteiger partial charge in [0.25, 0.3) is 0 Å². The monoisotopic (exact) mass is 289 g/mol. The van der Waals surface area contributed by atoms with Crippen LogP contribution < -0.4 is 11.2 Å². The first kappa shape index (κ1) is 16.5. The largest absolute Gasteiger partial charge is 0.494 e. The molecule has 2 N–H and O–H groups in total. The lowest BCUT2D eigenvalue weighted by Crippen LogP contribution is -2.41. The highest BCUT2D eigenvalue weighted by Crippen LogP contribution is 2.36. The zero-order valence-corrected chi connectivity index (χ0v) is 14.1. The molecule has 1 aromatic rings. The molecular weight excluding hydrogens is 261 g/mol. The molecule has 0 bridgehead atoms. The van der Waals surface area contributed by atoms with E-state index in [4.69, 9.17) is 15.0 Å². The third kappa shape index (κ3) is 3.18. The van der Waals surface area contributed by atoms with Gasteiger partial charge >= 0.3 is 7.12 Å².